The number of aryl methyl sites for hydroxylation is 2. The van der Waals surface area contributed by atoms with Gasteiger partial charge in [-0.25, -0.2) is 18.5 Å². The molecule has 150 valence electrons. The molecule has 2 aliphatic carbocycles. The number of nitrogens with two attached hydrogens (primary N) is 1. The molecule has 0 radical (unpaired) electrons. The van der Waals surface area contributed by atoms with E-state index in [4.69, 9.17) is 5.14 Å². The number of rotatable bonds is 4. The summed E-state index contributed by atoms with van der Waals surface area (Å²) < 4.78 is 30.5. The van der Waals surface area contributed by atoms with Crippen molar-refractivity contribution < 1.29 is 13.4 Å². The van der Waals surface area contributed by atoms with Crippen molar-refractivity contribution in [3.8, 4) is 0 Å². The van der Waals surface area contributed by atoms with Crippen molar-refractivity contribution in [3.63, 3.8) is 0 Å². The van der Waals surface area contributed by atoms with Crippen molar-refractivity contribution in [1.82, 2.24) is 5.32 Å². The van der Waals surface area contributed by atoms with E-state index >= 15 is 0 Å². The Morgan fingerprint density at radius 2 is 1.86 bits per heavy atom. The minimum Gasteiger partial charge on any atom is -0.315 e. The Hall–Kier alpha value is -1.81. The Bertz CT molecular complexity index is 1040. The Morgan fingerprint density at radius 3 is 2.46 bits per heavy atom. The highest BCUT2D eigenvalue weighted by Gasteiger charge is 2.26. The van der Waals surface area contributed by atoms with Crippen LogP contribution in [-0.2, 0) is 42.1 Å². The molecule has 0 saturated carbocycles. The number of urea groups is 1. The third kappa shape index (κ3) is 3.59. The summed E-state index contributed by atoms with van der Waals surface area (Å²) in [6.07, 6.45) is 5.93. The standard InChI is InChI=1S/C19H23FN4O2S2/c1-22-10-13-9-16(20)18(27-13)28(21,26)24-19(25)23-17-14-6-2-4-11(14)8-12-5-3-7-15(12)17/h8-9,22H,2-7,10H2,1H3,(H3,21,23,24,25,26)/t28-/m0/s1. The van der Waals surface area contributed by atoms with Gasteiger partial charge in [-0.3, -0.25) is 0 Å². The maximum Gasteiger partial charge on any atom is 0.354 e. The molecule has 9 heteroatoms. The van der Waals surface area contributed by atoms with E-state index in [0.29, 0.717) is 11.4 Å². The van der Waals surface area contributed by atoms with Gasteiger partial charge in [0, 0.05) is 17.1 Å². The Kier molecular flexibility index (Phi) is 5.26. The summed E-state index contributed by atoms with van der Waals surface area (Å²) in [5.41, 5.74) is 5.63. The van der Waals surface area contributed by atoms with Crippen molar-refractivity contribution in [3.05, 3.63) is 45.1 Å². The molecule has 0 saturated heterocycles. The summed E-state index contributed by atoms with van der Waals surface area (Å²) in [6.45, 7) is 0.422. The van der Waals surface area contributed by atoms with Crippen molar-refractivity contribution in [2.75, 3.05) is 12.4 Å². The SMILES string of the molecule is CNCc1cc(F)c([S@@](N)(=O)=NC(=O)Nc2c3c(cc4c2CCC4)CCC3)s1. The zero-order chi connectivity index (χ0) is 19.9. The molecule has 28 heavy (non-hydrogen) atoms. The fourth-order valence-electron chi connectivity index (χ4n) is 4.12. The van der Waals surface area contributed by atoms with Crippen molar-refractivity contribution >= 4 is 33.0 Å². The first-order valence-corrected chi connectivity index (χ1v) is 11.7. The first kappa shape index (κ1) is 19.5. The van der Waals surface area contributed by atoms with Gasteiger partial charge in [-0.1, -0.05) is 6.07 Å². The number of carbonyl (C=O) groups is 1. The van der Waals surface area contributed by atoms with Crippen LogP contribution in [0.4, 0.5) is 14.9 Å². The first-order valence-electron chi connectivity index (χ1n) is 9.34. The van der Waals surface area contributed by atoms with Crippen LogP contribution >= 0.6 is 11.3 Å². The average molecular weight is 423 g/mol. The average Bonchev–Trinajstić information content (AvgIpc) is 3.34. The number of hydrogen-bond donors (Lipinski definition) is 3. The van der Waals surface area contributed by atoms with Crippen LogP contribution in [0.2, 0.25) is 0 Å². The number of carbonyl (C=O) groups excluding carboxylic acids is 1. The molecule has 4 N–H and O–H groups in total. The van der Waals surface area contributed by atoms with E-state index in [9.17, 15) is 13.4 Å². The van der Waals surface area contributed by atoms with Crippen molar-refractivity contribution in [2.24, 2.45) is 9.50 Å². The summed E-state index contributed by atoms with van der Waals surface area (Å²) in [5, 5.41) is 11.5. The second-order valence-corrected chi connectivity index (χ2v) is 10.3. The molecular weight excluding hydrogens is 399 g/mol. The molecule has 2 aliphatic rings. The van der Waals surface area contributed by atoms with E-state index in [1.54, 1.807) is 7.05 Å². The van der Waals surface area contributed by atoms with Gasteiger partial charge in [0.1, 0.15) is 0 Å². The van der Waals surface area contributed by atoms with Gasteiger partial charge in [0.25, 0.3) is 0 Å². The number of thiophene rings is 1. The second-order valence-electron chi connectivity index (χ2n) is 7.20. The molecule has 1 aromatic carbocycles. The lowest BCUT2D eigenvalue weighted by molar-refractivity contribution is 0.260. The normalized spacial score (nSPS) is 17.1. The summed E-state index contributed by atoms with van der Waals surface area (Å²) in [7, 11) is -1.93. The first-order chi connectivity index (χ1) is 13.4. The largest absolute Gasteiger partial charge is 0.354 e. The van der Waals surface area contributed by atoms with Gasteiger partial charge >= 0.3 is 6.03 Å². The number of nitrogens with zero attached hydrogens (tertiary/aromatic N) is 1. The van der Waals surface area contributed by atoms with Crippen LogP contribution < -0.4 is 15.8 Å². The van der Waals surface area contributed by atoms with E-state index in [0.717, 1.165) is 66.7 Å². The highest BCUT2D eigenvalue weighted by Crippen LogP contribution is 2.38. The number of hydrogen-bond acceptors (Lipinski definition) is 4. The third-order valence-electron chi connectivity index (χ3n) is 5.25. The highest BCUT2D eigenvalue weighted by molar-refractivity contribution is 7.93. The van der Waals surface area contributed by atoms with E-state index in [-0.39, 0.29) is 4.21 Å². The van der Waals surface area contributed by atoms with Crippen molar-refractivity contribution in [2.45, 2.75) is 49.3 Å². The smallest absolute Gasteiger partial charge is 0.315 e. The Balaban J connectivity index is 1.66. The van der Waals surface area contributed by atoms with Gasteiger partial charge in [0.15, 0.2) is 19.9 Å². The monoisotopic (exact) mass is 422 g/mol. The van der Waals surface area contributed by atoms with E-state index in [1.807, 2.05) is 0 Å². The van der Waals surface area contributed by atoms with Crippen LogP contribution in [0.15, 0.2) is 20.7 Å². The summed E-state index contributed by atoms with van der Waals surface area (Å²) >= 11 is 0.968. The number of anilines is 1. The van der Waals surface area contributed by atoms with Gasteiger partial charge < -0.3 is 10.6 Å². The molecule has 0 aliphatic heterocycles. The van der Waals surface area contributed by atoms with Crippen molar-refractivity contribution in [1.29, 1.82) is 0 Å². The fourth-order valence-corrected chi connectivity index (χ4v) is 6.52. The number of halogens is 1. The lowest BCUT2D eigenvalue weighted by atomic mass is 9.99. The maximum absolute atomic E-state index is 14.2. The topological polar surface area (TPSA) is 96.6 Å². The molecule has 0 unspecified atom stereocenters. The molecule has 1 atom stereocenters. The van der Waals surface area contributed by atoms with Crippen LogP contribution in [0.3, 0.4) is 0 Å². The summed E-state index contributed by atoms with van der Waals surface area (Å²) in [4.78, 5) is 13.2. The molecule has 4 rings (SSSR count). The summed E-state index contributed by atoms with van der Waals surface area (Å²) in [5.74, 6) is -0.694. The molecule has 2 amide bonds. The predicted octanol–water partition coefficient (Wildman–Crippen LogP) is 3.52. The van der Waals surface area contributed by atoms with E-state index < -0.39 is 21.8 Å². The number of benzene rings is 1. The van der Waals surface area contributed by atoms with Gasteiger partial charge in [0.2, 0.25) is 0 Å². The molecule has 2 aromatic rings. The number of fused-ring (bicyclic) bond motifs is 2. The van der Waals surface area contributed by atoms with Gasteiger partial charge in [-0.2, -0.15) is 0 Å². The fraction of sp³-hybridized carbons (Fsp3) is 0.421. The summed E-state index contributed by atoms with van der Waals surface area (Å²) in [6, 6.07) is 2.74. The predicted molar refractivity (Wildman–Crippen MR) is 110 cm³/mol. The second kappa shape index (κ2) is 7.55. The lowest BCUT2D eigenvalue weighted by Gasteiger charge is -2.15. The van der Waals surface area contributed by atoms with Gasteiger partial charge in [0.05, 0.1) is 0 Å². The molecule has 0 spiro atoms. The third-order valence-corrected chi connectivity index (χ3v) is 8.28. The molecule has 1 heterocycles. The molecule has 0 fully saturated rings. The zero-order valence-electron chi connectivity index (χ0n) is 15.6. The van der Waals surface area contributed by atoms with Crippen LogP contribution in [0.5, 0.6) is 0 Å². The van der Waals surface area contributed by atoms with Gasteiger partial charge in [-0.05, 0) is 73.9 Å². The Morgan fingerprint density at radius 1 is 1.21 bits per heavy atom. The van der Waals surface area contributed by atoms with Crippen LogP contribution in [0, 0.1) is 5.82 Å². The quantitative estimate of drug-likeness (QED) is 0.703. The van der Waals surface area contributed by atoms with Crippen LogP contribution in [-0.4, -0.2) is 17.3 Å². The Labute approximate surface area is 168 Å². The van der Waals surface area contributed by atoms with Gasteiger partial charge in [-0.15, -0.1) is 15.7 Å². The minimum absolute atomic E-state index is 0.198. The highest BCUT2D eigenvalue weighted by atomic mass is 32.2. The molecule has 6 nitrogen and oxygen atoms in total. The minimum atomic E-state index is -3.66. The number of nitrogens with one attached hydrogen (secondary N) is 2. The maximum atomic E-state index is 14.2. The van der Waals surface area contributed by atoms with E-state index in [2.05, 4.69) is 21.1 Å². The van der Waals surface area contributed by atoms with Crippen LogP contribution in [0.1, 0.15) is 40.0 Å². The lowest BCUT2D eigenvalue weighted by Crippen LogP contribution is -2.18. The molecule has 1 aromatic heterocycles. The molecular formula is C19H23FN4O2S2. The molecule has 0 bridgehead atoms. The van der Waals surface area contributed by atoms with E-state index in [1.165, 1.54) is 17.2 Å². The van der Waals surface area contributed by atoms with Crippen LogP contribution in [0.25, 0.3) is 0 Å². The zero-order valence-corrected chi connectivity index (χ0v) is 17.3. The number of amides is 2.